The topological polar surface area (TPSA) is 60.4 Å². The number of ether oxygens (including phenoxy) is 1. The van der Waals surface area contributed by atoms with Gasteiger partial charge in [-0.3, -0.25) is 14.4 Å². The molecule has 28 heavy (non-hydrogen) atoms. The summed E-state index contributed by atoms with van der Waals surface area (Å²) in [5.74, 6) is -1.37. The van der Waals surface area contributed by atoms with Gasteiger partial charge in [-0.05, 0) is 24.1 Å². The lowest BCUT2D eigenvalue weighted by Gasteiger charge is -2.35. The summed E-state index contributed by atoms with van der Waals surface area (Å²) in [5.41, 5.74) is 1.88. The van der Waals surface area contributed by atoms with Gasteiger partial charge in [0.2, 0.25) is 0 Å². The standard InChI is InChI=1S/C23H19ClO4/c24-16-11-9-15(10-12-16)21-17(13-19(26)14-5-2-1-3-6-14)23(27)28-20-8-4-7-18(25)22(20)21/h1-3,5-6,9-12,17,21H,4,7-8,13H2/t17-,21?/m1/s1. The van der Waals surface area contributed by atoms with Gasteiger partial charge in [0.15, 0.2) is 11.6 Å². The van der Waals surface area contributed by atoms with E-state index in [0.717, 1.165) is 5.56 Å². The second-order valence-corrected chi connectivity index (χ2v) is 7.60. The summed E-state index contributed by atoms with van der Waals surface area (Å²) in [7, 11) is 0. The Hall–Kier alpha value is -2.72. The molecule has 0 radical (unpaired) electrons. The molecule has 0 saturated carbocycles. The van der Waals surface area contributed by atoms with E-state index in [2.05, 4.69) is 0 Å². The van der Waals surface area contributed by atoms with Crippen LogP contribution in [0, 0.1) is 5.92 Å². The van der Waals surface area contributed by atoms with Crippen LogP contribution in [0.25, 0.3) is 0 Å². The number of rotatable bonds is 4. The minimum Gasteiger partial charge on any atom is -0.430 e. The summed E-state index contributed by atoms with van der Waals surface area (Å²) < 4.78 is 5.53. The molecule has 2 aromatic carbocycles. The summed E-state index contributed by atoms with van der Waals surface area (Å²) in [4.78, 5) is 38.4. The highest BCUT2D eigenvalue weighted by Crippen LogP contribution is 2.45. The first-order valence-electron chi connectivity index (χ1n) is 9.36. The zero-order valence-electron chi connectivity index (χ0n) is 15.2. The van der Waals surface area contributed by atoms with E-state index in [1.165, 1.54) is 0 Å². The first-order chi connectivity index (χ1) is 13.5. The van der Waals surface area contributed by atoms with Crippen LogP contribution >= 0.6 is 11.6 Å². The maximum Gasteiger partial charge on any atom is 0.315 e. The van der Waals surface area contributed by atoms with Crippen molar-refractivity contribution >= 4 is 29.1 Å². The van der Waals surface area contributed by atoms with Gasteiger partial charge in [-0.1, -0.05) is 54.1 Å². The monoisotopic (exact) mass is 394 g/mol. The predicted octanol–water partition coefficient (Wildman–Crippen LogP) is 4.88. The van der Waals surface area contributed by atoms with Gasteiger partial charge in [-0.2, -0.15) is 0 Å². The lowest BCUT2D eigenvalue weighted by molar-refractivity contribution is -0.147. The third kappa shape index (κ3) is 3.52. The fraction of sp³-hybridized carbons (Fsp3) is 0.261. The molecular weight excluding hydrogens is 376 g/mol. The highest BCUT2D eigenvalue weighted by atomic mass is 35.5. The number of hydrogen-bond acceptors (Lipinski definition) is 4. The number of ketones is 2. The van der Waals surface area contributed by atoms with Gasteiger partial charge >= 0.3 is 5.97 Å². The normalized spacial score (nSPS) is 21.9. The van der Waals surface area contributed by atoms with Crippen molar-refractivity contribution in [2.24, 2.45) is 5.92 Å². The lowest BCUT2D eigenvalue weighted by Crippen LogP contribution is -2.36. The molecule has 0 spiro atoms. The molecule has 1 unspecified atom stereocenters. The molecule has 0 bridgehead atoms. The molecule has 4 nitrogen and oxygen atoms in total. The highest BCUT2D eigenvalue weighted by molar-refractivity contribution is 6.30. The minimum atomic E-state index is -0.741. The second-order valence-electron chi connectivity index (χ2n) is 7.16. The Kier molecular flexibility index (Phi) is 5.14. The van der Waals surface area contributed by atoms with E-state index >= 15 is 0 Å². The van der Waals surface area contributed by atoms with Crippen molar-refractivity contribution < 1.29 is 19.1 Å². The van der Waals surface area contributed by atoms with Crippen LogP contribution in [0.2, 0.25) is 5.02 Å². The summed E-state index contributed by atoms with van der Waals surface area (Å²) in [6, 6.07) is 16.0. The van der Waals surface area contributed by atoms with Gasteiger partial charge in [0.1, 0.15) is 5.76 Å². The van der Waals surface area contributed by atoms with Crippen LogP contribution in [0.5, 0.6) is 0 Å². The Morgan fingerprint density at radius 2 is 1.71 bits per heavy atom. The number of benzene rings is 2. The molecule has 0 N–H and O–H groups in total. The average Bonchev–Trinajstić information content (AvgIpc) is 2.70. The van der Waals surface area contributed by atoms with Gasteiger partial charge in [0.05, 0.1) is 5.92 Å². The van der Waals surface area contributed by atoms with E-state index in [-0.39, 0.29) is 18.0 Å². The van der Waals surface area contributed by atoms with Crippen molar-refractivity contribution in [1.29, 1.82) is 0 Å². The summed E-state index contributed by atoms with van der Waals surface area (Å²) >= 11 is 6.02. The van der Waals surface area contributed by atoms with Gasteiger partial charge < -0.3 is 4.74 Å². The van der Waals surface area contributed by atoms with Gasteiger partial charge in [-0.25, -0.2) is 0 Å². The van der Waals surface area contributed by atoms with E-state index in [0.29, 0.717) is 41.2 Å². The molecule has 4 rings (SSSR count). The molecule has 1 aliphatic carbocycles. The van der Waals surface area contributed by atoms with Gasteiger partial charge in [-0.15, -0.1) is 0 Å². The van der Waals surface area contributed by atoms with E-state index < -0.39 is 17.8 Å². The quantitative estimate of drug-likeness (QED) is 0.548. The Morgan fingerprint density at radius 3 is 2.43 bits per heavy atom. The average molecular weight is 395 g/mol. The molecule has 5 heteroatoms. The Morgan fingerprint density at radius 1 is 1.00 bits per heavy atom. The largest absolute Gasteiger partial charge is 0.430 e. The molecular formula is C23H19ClO4. The first-order valence-corrected chi connectivity index (χ1v) is 9.74. The Bertz CT molecular complexity index is 960. The van der Waals surface area contributed by atoms with Crippen LogP contribution < -0.4 is 0 Å². The predicted molar refractivity (Wildman–Crippen MR) is 105 cm³/mol. The van der Waals surface area contributed by atoms with Crippen molar-refractivity contribution in [3.8, 4) is 0 Å². The van der Waals surface area contributed by atoms with E-state index in [1.807, 2.05) is 18.2 Å². The summed E-state index contributed by atoms with van der Waals surface area (Å²) in [6.45, 7) is 0. The number of allylic oxidation sites excluding steroid dienone is 2. The molecule has 0 aromatic heterocycles. The van der Waals surface area contributed by atoms with Crippen LogP contribution in [0.4, 0.5) is 0 Å². The molecule has 2 aliphatic rings. The summed E-state index contributed by atoms with van der Waals surface area (Å²) in [5, 5.41) is 0.572. The molecule has 1 heterocycles. The number of esters is 1. The van der Waals surface area contributed by atoms with Gasteiger partial charge in [0.25, 0.3) is 0 Å². The maximum atomic E-state index is 12.8. The van der Waals surface area contributed by atoms with Crippen molar-refractivity contribution in [2.45, 2.75) is 31.6 Å². The minimum absolute atomic E-state index is 0.00846. The first kappa shape index (κ1) is 18.6. The summed E-state index contributed by atoms with van der Waals surface area (Å²) in [6.07, 6.45) is 1.65. The van der Waals surface area contributed by atoms with Crippen molar-refractivity contribution in [3.05, 3.63) is 82.1 Å². The smallest absolute Gasteiger partial charge is 0.315 e. The number of Topliss-reactive ketones (excluding diaryl/α,β-unsaturated/α-hetero) is 2. The number of carbonyl (C=O) groups excluding carboxylic acids is 3. The van der Waals surface area contributed by atoms with E-state index in [4.69, 9.17) is 16.3 Å². The maximum absolute atomic E-state index is 12.8. The fourth-order valence-corrected chi connectivity index (χ4v) is 4.16. The van der Waals surface area contributed by atoms with Crippen LogP contribution in [0.3, 0.4) is 0 Å². The van der Waals surface area contributed by atoms with Crippen molar-refractivity contribution in [3.63, 3.8) is 0 Å². The molecule has 142 valence electrons. The number of carbonyl (C=O) groups is 3. The van der Waals surface area contributed by atoms with Crippen LogP contribution in [-0.2, 0) is 14.3 Å². The third-order valence-electron chi connectivity index (χ3n) is 5.38. The van der Waals surface area contributed by atoms with Crippen LogP contribution in [0.1, 0.15) is 47.5 Å². The van der Waals surface area contributed by atoms with E-state index in [1.54, 1.807) is 36.4 Å². The number of halogens is 1. The van der Waals surface area contributed by atoms with Crippen molar-refractivity contribution in [1.82, 2.24) is 0 Å². The molecule has 0 fully saturated rings. The molecule has 0 amide bonds. The third-order valence-corrected chi connectivity index (χ3v) is 5.63. The van der Waals surface area contributed by atoms with E-state index in [9.17, 15) is 14.4 Å². The zero-order chi connectivity index (χ0) is 19.7. The molecule has 0 saturated heterocycles. The Labute approximate surface area is 168 Å². The Balaban J connectivity index is 1.75. The number of hydrogen-bond donors (Lipinski definition) is 0. The zero-order valence-corrected chi connectivity index (χ0v) is 15.9. The van der Waals surface area contributed by atoms with Crippen LogP contribution in [0.15, 0.2) is 65.9 Å². The molecule has 1 aliphatic heterocycles. The second kappa shape index (κ2) is 7.72. The fourth-order valence-electron chi connectivity index (χ4n) is 4.03. The van der Waals surface area contributed by atoms with Crippen LogP contribution in [-0.4, -0.2) is 17.5 Å². The lowest BCUT2D eigenvalue weighted by atomic mass is 9.72. The molecule has 2 atom stereocenters. The highest BCUT2D eigenvalue weighted by Gasteiger charge is 2.44. The van der Waals surface area contributed by atoms with Crippen molar-refractivity contribution in [2.75, 3.05) is 0 Å². The molecule has 2 aromatic rings. The SMILES string of the molecule is O=C1CCCC2=C1C(c1ccc(Cl)cc1)[C@@H](CC(=O)c1ccccc1)C(=O)O2. The van der Waals surface area contributed by atoms with Gasteiger partial charge in [0, 0.05) is 41.3 Å².